The Bertz CT molecular complexity index is 1180. The summed E-state index contributed by atoms with van der Waals surface area (Å²) in [4.78, 5) is 39.9. The second kappa shape index (κ2) is 11.0. The third-order valence-corrected chi connectivity index (χ3v) is 7.76. The first kappa shape index (κ1) is 25.7. The summed E-state index contributed by atoms with van der Waals surface area (Å²) < 4.78 is 26.3. The Kier molecular flexibility index (Phi) is 8.33. The molecular weight excluding hydrogens is 478 g/mol. The van der Waals surface area contributed by atoms with Crippen LogP contribution in [0.25, 0.3) is 0 Å². The van der Waals surface area contributed by atoms with Gasteiger partial charge in [0.05, 0.1) is 5.56 Å². The van der Waals surface area contributed by atoms with Crippen LogP contribution in [0, 0.1) is 0 Å². The van der Waals surface area contributed by atoms with Gasteiger partial charge in [-0.1, -0.05) is 49.2 Å². The van der Waals surface area contributed by atoms with Crippen LogP contribution in [0.1, 0.15) is 49.0 Å². The van der Waals surface area contributed by atoms with Crippen LogP contribution in [0.15, 0.2) is 53.4 Å². The van der Waals surface area contributed by atoms with Crippen molar-refractivity contribution in [2.45, 2.75) is 50.6 Å². The number of sulfonamides is 1. The lowest BCUT2D eigenvalue weighted by Crippen LogP contribution is -2.48. The Balaban J connectivity index is 1.77. The molecule has 0 saturated heterocycles. The van der Waals surface area contributed by atoms with E-state index in [9.17, 15) is 22.8 Å². The van der Waals surface area contributed by atoms with Crippen molar-refractivity contribution in [3.63, 3.8) is 0 Å². The van der Waals surface area contributed by atoms with Crippen LogP contribution in [-0.2, 0) is 26.2 Å². The fourth-order valence-electron chi connectivity index (χ4n) is 3.74. The molecule has 1 N–H and O–H groups in total. The predicted octanol–water partition coefficient (Wildman–Crippen LogP) is 3.21. The molecule has 0 radical (unpaired) electrons. The van der Waals surface area contributed by atoms with Crippen LogP contribution in [0.4, 0.5) is 0 Å². The van der Waals surface area contributed by atoms with Crippen molar-refractivity contribution in [2.24, 2.45) is 0 Å². The van der Waals surface area contributed by atoms with Crippen molar-refractivity contribution in [3.8, 4) is 0 Å². The van der Waals surface area contributed by atoms with E-state index in [1.165, 1.54) is 17.0 Å². The number of fused-ring (bicyclic) bond motifs is 1. The number of nitrogens with one attached hydrogen (secondary N) is 1. The third-order valence-electron chi connectivity index (χ3n) is 5.68. The molecule has 0 unspecified atom stereocenters. The van der Waals surface area contributed by atoms with Crippen LogP contribution >= 0.6 is 11.6 Å². The lowest BCUT2D eigenvalue weighted by Gasteiger charge is -2.29. The molecule has 0 aromatic heterocycles. The van der Waals surface area contributed by atoms with E-state index in [-0.39, 0.29) is 35.9 Å². The number of carbonyl (C=O) groups is 3. The molecule has 10 heteroatoms. The van der Waals surface area contributed by atoms with Gasteiger partial charge >= 0.3 is 0 Å². The zero-order chi connectivity index (χ0) is 24.9. The number of hydrogen-bond acceptors (Lipinski definition) is 5. The van der Waals surface area contributed by atoms with E-state index in [2.05, 4.69) is 5.32 Å². The second-order valence-electron chi connectivity index (χ2n) is 8.10. The van der Waals surface area contributed by atoms with Crippen molar-refractivity contribution in [1.82, 2.24) is 14.5 Å². The molecule has 0 fully saturated rings. The first-order valence-electron chi connectivity index (χ1n) is 11.1. The molecule has 8 nitrogen and oxygen atoms in total. The van der Waals surface area contributed by atoms with E-state index in [4.69, 9.17) is 11.6 Å². The molecule has 1 aliphatic rings. The minimum absolute atomic E-state index is 0.0631. The molecule has 34 heavy (non-hydrogen) atoms. The second-order valence-corrected chi connectivity index (χ2v) is 10.4. The molecule has 182 valence electrons. The van der Waals surface area contributed by atoms with Crippen LogP contribution in [-0.4, -0.2) is 54.5 Å². The van der Waals surface area contributed by atoms with Crippen molar-refractivity contribution >= 4 is 39.3 Å². The average molecular weight is 506 g/mol. The van der Waals surface area contributed by atoms with Gasteiger partial charge in [0.1, 0.15) is 10.9 Å². The highest BCUT2D eigenvalue weighted by Gasteiger charge is 2.41. The fraction of sp³-hybridized carbons (Fsp3) is 0.375. The Morgan fingerprint density at radius 3 is 2.56 bits per heavy atom. The molecule has 1 aliphatic heterocycles. The smallest absolute Gasteiger partial charge is 0.269 e. The van der Waals surface area contributed by atoms with E-state index in [1.807, 2.05) is 6.92 Å². The summed E-state index contributed by atoms with van der Waals surface area (Å²) in [6.45, 7) is 3.93. The Labute approximate surface area is 204 Å². The van der Waals surface area contributed by atoms with Gasteiger partial charge in [-0.2, -0.15) is 0 Å². The van der Waals surface area contributed by atoms with E-state index in [1.54, 1.807) is 43.3 Å². The zero-order valence-corrected chi connectivity index (χ0v) is 20.7. The summed E-state index contributed by atoms with van der Waals surface area (Å²) >= 11 is 6.08. The van der Waals surface area contributed by atoms with Gasteiger partial charge in [-0.3, -0.25) is 14.4 Å². The maximum absolute atomic E-state index is 13.2. The van der Waals surface area contributed by atoms with Gasteiger partial charge in [-0.25, -0.2) is 12.7 Å². The normalized spacial score (nSPS) is 15.0. The van der Waals surface area contributed by atoms with Gasteiger partial charge in [0.25, 0.3) is 15.9 Å². The van der Waals surface area contributed by atoms with Crippen LogP contribution in [0.5, 0.6) is 0 Å². The summed E-state index contributed by atoms with van der Waals surface area (Å²) in [5.74, 6) is -1.41. The summed E-state index contributed by atoms with van der Waals surface area (Å²) in [5.41, 5.74) is 0.820. The maximum atomic E-state index is 13.2. The minimum Gasteiger partial charge on any atom is -0.354 e. The Hall–Kier alpha value is -2.91. The van der Waals surface area contributed by atoms with E-state index in [0.717, 1.165) is 22.7 Å². The highest BCUT2D eigenvalue weighted by Crippen LogP contribution is 2.30. The van der Waals surface area contributed by atoms with Gasteiger partial charge in [-0.05, 0) is 43.2 Å². The van der Waals surface area contributed by atoms with E-state index >= 15 is 0 Å². The van der Waals surface area contributed by atoms with Crippen molar-refractivity contribution < 1.29 is 22.8 Å². The van der Waals surface area contributed by atoms with Crippen molar-refractivity contribution in [2.75, 3.05) is 13.1 Å². The lowest BCUT2D eigenvalue weighted by atomic mass is 10.1. The number of hydrogen-bond donors (Lipinski definition) is 1. The quantitative estimate of drug-likeness (QED) is 0.499. The van der Waals surface area contributed by atoms with Crippen molar-refractivity contribution in [3.05, 3.63) is 64.7 Å². The predicted molar refractivity (Wildman–Crippen MR) is 129 cm³/mol. The molecule has 2 aromatic rings. The van der Waals surface area contributed by atoms with Gasteiger partial charge < -0.3 is 10.2 Å². The summed E-state index contributed by atoms with van der Waals surface area (Å²) in [5, 5.41) is 3.32. The summed E-state index contributed by atoms with van der Waals surface area (Å²) in [6, 6.07) is 12.1. The third kappa shape index (κ3) is 5.59. The zero-order valence-electron chi connectivity index (χ0n) is 19.2. The number of amides is 3. The SMILES string of the molecule is CCCCNC(=O)[C@@H](C)N(Cc1cccc(Cl)c1)C(=O)CCN1C(=O)c2ccccc2S1(=O)=O. The van der Waals surface area contributed by atoms with Gasteiger partial charge in [0.15, 0.2) is 0 Å². The van der Waals surface area contributed by atoms with E-state index in [0.29, 0.717) is 11.6 Å². The van der Waals surface area contributed by atoms with Gasteiger partial charge in [0, 0.05) is 31.1 Å². The number of halogens is 1. The largest absolute Gasteiger partial charge is 0.354 e. The number of benzene rings is 2. The molecule has 0 aliphatic carbocycles. The van der Waals surface area contributed by atoms with Crippen LogP contribution in [0.3, 0.4) is 0 Å². The summed E-state index contributed by atoms with van der Waals surface area (Å²) in [7, 11) is -4.02. The van der Waals surface area contributed by atoms with Crippen LogP contribution in [0.2, 0.25) is 5.02 Å². The average Bonchev–Trinajstić information content (AvgIpc) is 3.00. The first-order valence-corrected chi connectivity index (χ1v) is 13.0. The highest BCUT2D eigenvalue weighted by molar-refractivity contribution is 7.90. The maximum Gasteiger partial charge on any atom is 0.269 e. The molecule has 0 saturated carbocycles. The molecule has 3 rings (SSSR count). The fourth-order valence-corrected chi connectivity index (χ4v) is 5.53. The topological polar surface area (TPSA) is 104 Å². The number of carbonyl (C=O) groups excluding carboxylic acids is 3. The molecular formula is C24H28ClN3O5S. The standard InChI is InChI=1S/C24H28ClN3O5S/c1-3-4-13-26-23(30)17(2)27(16-18-8-7-9-19(25)15-18)22(29)12-14-28-24(31)20-10-5-6-11-21(20)34(28,32)33/h5-11,15,17H,3-4,12-14,16H2,1-2H3,(H,26,30)/t17-/m1/s1. The van der Waals surface area contributed by atoms with Gasteiger partial charge in [-0.15, -0.1) is 0 Å². The van der Waals surface area contributed by atoms with E-state index < -0.39 is 27.9 Å². The lowest BCUT2D eigenvalue weighted by molar-refractivity contribution is -0.140. The molecule has 3 amide bonds. The van der Waals surface area contributed by atoms with Crippen LogP contribution < -0.4 is 5.32 Å². The Morgan fingerprint density at radius 1 is 1.15 bits per heavy atom. The highest BCUT2D eigenvalue weighted by atomic mass is 35.5. The number of nitrogens with zero attached hydrogens (tertiary/aromatic N) is 2. The molecule has 2 aromatic carbocycles. The molecule has 0 spiro atoms. The number of rotatable bonds is 10. The van der Waals surface area contributed by atoms with Gasteiger partial charge in [0.2, 0.25) is 11.8 Å². The first-order chi connectivity index (χ1) is 16.2. The monoisotopic (exact) mass is 505 g/mol. The number of unbranched alkanes of at least 4 members (excludes halogenated alkanes) is 1. The van der Waals surface area contributed by atoms with Crippen molar-refractivity contribution in [1.29, 1.82) is 0 Å². The Morgan fingerprint density at radius 2 is 1.88 bits per heavy atom. The molecule has 0 bridgehead atoms. The molecule has 1 atom stereocenters. The minimum atomic E-state index is -4.02. The summed E-state index contributed by atoms with van der Waals surface area (Å²) in [6.07, 6.45) is 1.48. The molecule has 1 heterocycles.